The summed E-state index contributed by atoms with van der Waals surface area (Å²) >= 11 is 0. The summed E-state index contributed by atoms with van der Waals surface area (Å²) < 4.78 is 11.2. The Morgan fingerprint density at radius 2 is 1.76 bits per heavy atom. The summed E-state index contributed by atoms with van der Waals surface area (Å²) in [5, 5.41) is 2.94. The van der Waals surface area contributed by atoms with Crippen molar-refractivity contribution >= 4 is 11.6 Å². The van der Waals surface area contributed by atoms with Crippen LogP contribution >= 0.6 is 0 Å². The van der Waals surface area contributed by atoms with Crippen LogP contribution in [0, 0.1) is 0 Å². The number of hydrogen-bond donors (Lipinski definition) is 1. The zero-order valence-electron chi connectivity index (χ0n) is 15.1. The van der Waals surface area contributed by atoms with E-state index in [1.54, 1.807) is 0 Å². The lowest BCUT2D eigenvalue weighted by molar-refractivity contribution is -0.120. The zero-order chi connectivity index (χ0) is 18.1. The molecule has 1 N–H and O–H groups in total. The van der Waals surface area contributed by atoms with Gasteiger partial charge in [0.2, 0.25) is 5.91 Å². The highest BCUT2D eigenvalue weighted by Crippen LogP contribution is 2.24. The monoisotopic (exact) mass is 342 g/mol. The molecule has 134 valence electrons. The SMILES string of the molecule is CCOc1ccccc1NC(=O)C(C)N(C)CCOc1ccccc1. The number of hydrogen-bond acceptors (Lipinski definition) is 4. The molecule has 0 spiro atoms. The third-order valence-corrected chi connectivity index (χ3v) is 3.94. The van der Waals surface area contributed by atoms with Crippen molar-refractivity contribution < 1.29 is 14.3 Å². The minimum absolute atomic E-state index is 0.0747. The maximum absolute atomic E-state index is 12.5. The quantitative estimate of drug-likeness (QED) is 0.759. The molecular formula is C20H26N2O3. The molecule has 2 aromatic carbocycles. The molecule has 2 rings (SSSR count). The van der Waals surface area contributed by atoms with Crippen LogP contribution in [0.15, 0.2) is 54.6 Å². The van der Waals surface area contributed by atoms with E-state index < -0.39 is 0 Å². The van der Waals surface area contributed by atoms with E-state index >= 15 is 0 Å². The molecule has 5 heteroatoms. The fourth-order valence-corrected chi connectivity index (χ4v) is 2.31. The van der Waals surface area contributed by atoms with Crippen LogP contribution in [0.2, 0.25) is 0 Å². The van der Waals surface area contributed by atoms with Crippen LogP contribution in [0.4, 0.5) is 5.69 Å². The van der Waals surface area contributed by atoms with Gasteiger partial charge in [-0.15, -0.1) is 0 Å². The molecule has 0 heterocycles. The van der Waals surface area contributed by atoms with Gasteiger partial charge in [0.15, 0.2) is 0 Å². The first-order valence-corrected chi connectivity index (χ1v) is 8.52. The predicted octanol–water partition coefficient (Wildman–Crippen LogP) is 3.42. The van der Waals surface area contributed by atoms with E-state index in [1.165, 1.54) is 0 Å². The summed E-state index contributed by atoms with van der Waals surface area (Å²) in [6.45, 7) is 5.52. The topological polar surface area (TPSA) is 50.8 Å². The largest absolute Gasteiger partial charge is 0.492 e. The van der Waals surface area contributed by atoms with Crippen molar-refractivity contribution in [1.82, 2.24) is 4.90 Å². The maximum atomic E-state index is 12.5. The first-order valence-electron chi connectivity index (χ1n) is 8.52. The second kappa shape index (κ2) is 9.69. The molecule has 0 saturated carbocycles. The van der Waals surface area contributed by atoms with Crippen LogP contribution in [0.1, 0.15) is 13.8 Å². The van der Waals surface area contributed by atoms with Gasteiger partial charge in [-0.05, 0) is 45.2 Å². The smallest absolute Gasteiger partial charge is 0.241 e. The molecule has 0 aliphatic heterocycles. The molecule has 0 fully saturated rings. The average molecular weight is 342 g/mol. The molecule has 0 bridgehead atoms. The molecule has 5 nitrogen and oxygen atoms in total. The lowest BCUT2D eigenvalue weighted by Crippen LogP contribution is -2.41. The fourth-order valence-electron chi connectivity index (χ4n) is 2.31. The first-order chi connectivity index (χ1) is 12.1. The molecule has 2 aromatic rings. The molecule has 0 radical (unpaired) electrons. The highest BCUT2D eigenvalue weighted by atomic mass is 16.5. The second-order valence-corrected chi connectivity index (χ2v) is 5.74. The summed E-state index contributed by atoms with van der Waals surface area (Å²) in [5.41, 5.74) is 0.690. The number of anilines is 1. The number of carbonyl (C=O) groups excluding carboxylic acids is 1. The molecular weight excluding hydrogens is 316 g/mol. The lowest BCUT2D eigenvalue weighted by Gasteiger charge is -2.24. The normalized spacial score (nSPS) is 11.8. The average Bonchev–Trinajstić information content (AvgIpc) is 2.63. The van der Waals surface area contributed by atoms with E-state index in [0.29, 0.717) is 31.2 Å². The van der Waals surface area contributed by atoms with Crippen molar-refractivity contribution in [3.05, 3.63) is 54.6 Å². The van der Waals surface area contributed by atoms with Crippen molar-refractivity contribution in [2.24, 2.45) is 0 Å². The molecule has 1 atom stereocenters. The van der Waals surface area contributed by atoms with Crippen molar-refractivity contribution in [2.75, 3.05) is 32.1 Å². The number of amides is 1. The zero-order valence-corrected chi connectivity index (χ0v) is 15.1. The molecule has 0 saturated heterocycles. The summed E-state index contributed by atoms with van der Waals surface area (Å²) in [5.74, 6) is 1.44. The van der Waals surface area contributed by atoms with Crippen molar-refractivity contribution in [3.63, 3.8) is 0 Å². The number of nitrogens with one attached hydrogen (secondary N) is 1. The van der Waals surface area contributed by atoms with E-state index in [9.17, 15) is 4.79 Å². The van der Waals surface area contributed by atoms with Gasteiger partial charge in [0.05, 0.1) is 18.3 Å². The minimum atomic E-state index is -0.283. The second-order valence-electron chi connectivity index (χ2n) is 5.74. The number of likely N-dealkylation sites (N-methyl/N-ethyl adjacent to an activating group) is 1. The molecule has 1 unspecified atom stereocenters. The van der Waals surface area contributed by atoms with Gasteiger partial charge in [0.25, 0.3) is 0 Å². The van der Waals surface area contributed by atoms with E-state index in [4.69, 9.17) is 9.47 Å². The van der Waals surface area contributed by atoms with Gasteiger partial charge >= 0.3 is 0 Å². The highest BCUT2D eigenvalue weighted by Gasteiger charge is 2.19. The third kappa shape index (κ3) is 5.80. The Hall–Kier alpha value is -2.53. The van der Waals surface area contributed by atoms with Crippen LogP contribution in [0.25, 0.3) is 0 Å². The van der Waals surface area contributed by atoms with E-state index in [-0.39, 0.29) is 11.9 Å². The molecule has 25 heavy (non-hydrogen) atoms. The van der Waals surface area contributed by atoms with E-state index in [0.717, 1.165) is 5.75 Å². The van der Waals surface area contributed by atoms with Crippen LogP contribution in [-0.4, -0.2) is 43.7 Å². The maximum Gasteiger partial charge on any atom is 0.241 e. The number of para-hydroxylation sites is 3. The predicted molar refractivity (Wildman–Crippen MR) is 100 cm³/mol. The lowest BCUT2D eigenvalue weighted by atomic mass is 10.2. The van der Waals surface area contributed by atoms with Crippen molar-refractivity contribution in [1.29, 1.82) is 0 Å². The van der Waals surface area contributed by atoms with Gasteiger partial charge in [-0.3, -0.25) is 9.69 Å². The van der Waals surface area contributed by atoms with Gasteiger partial charge in [-0.2, -0.15) is 0 Å². The Morgan fingerprint density at radius 1 is 1.08 bits per heavy atom. The Kier molecular flexibility index (Phi) is 7.29. The molecule has 0 aromatic heterocycles. The fraction of sp³-hybridized carbons (Fsp3) is 0.350. The van der Waals surface area contributed by atoms with Gasteiger partial charge in [0.1, 0.15) is 18.1 Å². The summed E-state index contributed by atoms with van der Waals surface area (Å²) in [6, 6.07) is 16.8. The number of rotatable bonds is 9. The van der Waals surface area contributed by atoms with Gasteiger partial charge in [0, 0.05) is 6.54 Å². The van der Waals surface area contributed by atoms with E-state index in [1.807, 2.05) is 80.4 Å². The van der Waals surface area contributed by atoms with Crippen LogP contribution in [-0.2, 0) is 4.79 Å². The number of benzene rings is 2. The van der Waals surface area contributed by atoms with Gasteiger partial charge in [-0.1, -0.05) is 30.3 Å². The minimum Gasteiger partial charge on any atom is -0.492 e. The van der Waals surface area contributed by atoms with Crippen molar-refractivity contribution in [3.8, 4) is 11.5 Å². The standard InChI is InChI=1S/C20H26N2O3/c1-4-24-19-13-9-8-12-18(19)21-20(23)16(2)22(3)14-15-25-17-10-6-5-7-11-17/h5-13,16H,4,14-15H2,1-3H3,(H,21,23). The Balaban J connectivity index is 1.84. The Morgan fingerprint density at radius 3 is 2.48 bits per heavy atom. The summed E-state index contributed by atoms with van der Waals surface area (Å²) in [6.07, 6.45) is 0. The van der Waals surface area contributed by atoms with Gasteiger partial charge in [-0.25, -0.2) is 0 Å². The first kappa shape index (κ1) is 18.8. The summed E-state index contributed by atoms with van der Waals surface area (Å²) in [4.78, 5) is 14.5. The van der Waals surface area contributed by atoms with Gasteiger partial charge < -0.3 is 14.8 Å². The Bertz CT molecular complexity index is 661. The van der Waals surface area contributed by atoms with Crippen molar-refractivity contribution in [2.45, 2.75) is 19.9 Å². The van der Waals surface area contributed by atoms with Crippen LogP contribution in [0.3, 0.4) is 0 Å². The number of ether oxygens (including phenoxy) is 2. The molecule has 0 aliphatic rings. The highest BCUT2D eigenvalue weighted by molar-refractivity contribution is 5.95. The number of nitrogens with zero attached hydrogens (tertiary/aromatic N) is 1. The number of carbonyl (C=O) groups is 1. The molecule has 0 aliphatic carbocycles. The third-order valence-electron chi connectivity index (χ3n) is 3.94. The molecule has 1 amide bonds. The van der Waals surface area contributed by atoms with Crippen LogP contribution < -0.4 is 14.8 Å². The Labute approximate surface area is 149 Å². The summed E-state index contributed by atoms with van der Waals surface area (Å²) in [7, 11) is 1.91. The van der Waals surface area contributed by atoms with E-state index in [2.05, 4.69) is 5.32 Å². The van der Waals surface area contributed by atoms with Crippen LogP contribution in [0.5, 0.6) is 11.5 Å².